The number of carbonyl (C=O) groups is 1. The van der Waals surface area contributed by atoms with Crippen molar-refractivity contribution in [2.45, 2.75) is 20.0 Å². The van der Waals surface area contributed by atoms with Crippen LogP contribution >= 0.6 is 0 Å². The summed E-state index contributed by atoms with van der Waals surface area (Å²) < 4.78 is 0. The molecule has 0 aliphatic heterocycles. The minimum absolute atomic E-state index is 0.206. The average Bonchev–Trinajstić information content (AvgIpc) is 2.26. The number of hydrogen-bond acceptors (Lipinski definition) is 6. The molecule has 0 radical (unpaired) electrons. The highest BCUT2D eigenvalue weighted by Gasteiger charge is 2.06. The number of hydrogen-bond donors (Lipinski definition) is 3. The Morgan fingerprint density at radius 1 is 1.53 bits per heavy atom. The Balaban J connectivity index is 2.58. The second kappa shape index (κ2) is 6.00. The third kappa shape index (κ3) is 4.64. The SMILES string of the molecule is CC(=O)NNc1ccc(N(C)CC(C)O)nn1. The van der Waals surface area contributed by atoms with Gasteiger partial charge in [0.15, 0.2) is 11.6 Å². The maximum atomic E-state index is 10.7. The van der Waals surface area contributed by atoms with Gasteiger partial charge in [-0.25, -0.2) is 0 Å². The minimum Gasteiger partial charge on any atom is -0.392 e. The molecule has 1 unspecified atom stereocenters. The van der Waals surface area contributed by atoms with Crippen LogP contribution in [-0.2, 0) is 4.79 Å². The molecular weight excluding hydrogens is 222 g/mol. The van der Waals surface area contributed by atoms with E-state index in [2.05, 4.69) is 21.0 Å². The number of likely N-dealkylation sites (N-methyl/N-ethyl adjacent to an activating group) is 1. The van der Waals surface area contributed by atoms with E-state index >= 15 is 0 Å². The lowest BCUT2D eigenvalue weighted by atomic mass is 10.3. The van der Waals surface area contributed by atoms with Crippen LogP contribution in [0.4, 0.5) is 11.6 Å². The number of rotatable bonds is 5. The summed E-state index contributed by atoms with van der Waals surface area (Å²) in [5.41, 5.74) is 5.01. The first kappa shape index (κ1) is 13.2. The fraction of sp³-hybridized carbons (Fsp3) is 0.500. The summed E-state index contributed by atoms with van der Waals surface area (Å²) >= 11 is 0. The number of nitrogens with zero attached hydrogens (tertiary/aromatic N) is 3. The monoisotopic (exact) mass is 239 g/mol. The zero-order valence-electron chi connectivity index (χ0n) is 10.1. The third-order valence-electron chi connectivity index (χ3n) is 1.95. The molecule has 94 valence electrons. The first-order chi connectivity index (χ1) is 7.99. The molecular formula is C10H17N5O2. The lowest BCUT2D eigenvalue weighted by molar-refractivity contribution is -0.118. The van der Waals surface area contributed by atoms with Crippen molar-refractivity contribution in [2.75, 3.05) is 23.9 Å². The minimum atomic E-state index is -0.431. The number of carbonyl (C=O) groups excluding carboxylic acids is 1. The molecule has 0 spiro atoms. The van der Waals surface area contributed by atoms with Gasteiger partial charge in [0.2, 0.25) is 5.91 Å². The van der Waals surface area contributed by atoms with Gasteiger partial charge in [0.05, 0.1) is 6.10 Å². The predicted molar refractivity (Wildman–Crippen MR) is 64.4 cm³/mol. The largest absolute Gasteiger partial charge is 0.392 e. The van der Waals surface area contributed by atoms with Crippen molar-refractivity contribution < 1.29 is 9.90 Å². The van der Waals surface area contributed by atoms with E-state index in [1.54, 1.807) is 24.0 Å². The zero-order chi connectivity index (χ0) is 12.8. The van der Waals surface area contributed by atoms with E-state index in [0.29, 0.717) is 18.2 Å². The molecule has 1 atom stereocenters. The molecule has 7 nitrogen and oxygen atoms in total. The number of nitrogens with one attached hydrogen (secondary N) is 2. The van der Waals surface area contributed by atoms with Gasteiger partial charge in [0, 0.05) is 20.5 Å². The average molecular weight is 239 g/mol. The van der Waals surface area contributed by atoms with Crippen molar-refractivity contribution in [1.29, 1.82) is 0 Å². The quantitative estimate of drug-likeness (QED) is 0.614. The molecule has 3 N–H and O–H groups in total. The van der Waals surface area contributed by atoms with Crippen LogP contribution in [0.1, 0.15) is 13.8 Å². The summed E-state index contributed by atoms with van der Waals surface area (Å²) in [6, 6.07) is 3.44. The van der Waals surface area contributed by atoms with Gasteiger partial charge in [-0.05, 0) is 19.1 Å². The first-order valence-corrected chi connectivity index (χ1v) is 5.24. The highest BCUT2D eigenvalue weighted by atomic mass is 16.3. The summed E-state index contributed by atoms with van der Waals surface area (Å²) in [6.07, 6.45) is -0.431. The molecule has 1 rings (SSSR count). The van der Waals surface area contributed by atoms with Crippen molar-refractivity contribution in [2.24, 2.45) is 0 Å². The van der Waals surface area contributed by atoms with E-state index in [1.165, 1.54) is 6.92 Å². The van der Waals surface area contributed by atoms with E-state index in [4.69, 9.17) is 0 Å². The Morgan fingerprint density at radius 3 is 2.71 bits per heavy atom. The van der Waals surface area contributed by atoms with Crippen LogP contribution in [0.2, 0.25) is 0 Å². The molecule has 1 amide bonds. The van der Waals surface area contributed by atoms with Gasteiger partial charge in [0.1, 0.15) is 0 Å². The van der Waals surface area contributed by atoms with Crippen LogP contribution in [0.25, 0.3) is 0 Å². The normalized spacial score (nSPS) is 11.8. The van der Waals surface area contributed by atoms with E-state index in [0.717, 1.165) is 0 Å². The summed E-state index contributed by atoms with van der Waals surface area (Å²) in [5.74, 6) is 0.899. The predicted octanol–water partition coefficient (Wildman–Crippen LogP) is -0.243. The topological polar surface area (TPSA) is 90.4 Å². The van der Waals surface area contributed by atoms with Gasteiger partial charge in [0.25, 0.3) is 0 Å². The van der Waals surface area contributed by atoms with Crippen molar-refractivity contribution in [3.8, 4) is 0 Å². The number of amides is 1. The number of aliphatic hydroxyl groups is 1. The number of anilines is 2. The Hall–Kier alpha value is -1.89. The summed E-state index contributed by atoms with van der Waals surface area (Å²) in [7, 11) is 1.82. The first-order valence-electron chi connectivity index (χ1n) is 5.24. The molecule has 1 heterocycles. The van der Waals surface area contributed by atoms with E-state index in [1.807, 2.05) is 7.05 Å². The number of aromatic nitrogens is 2. The molecule has 0 saturated heterocycles. The molecule has 17 heavy (non-hydrogen) atoms. The van der Waals surface area contributed by atoms with Crippen LogP contribution in [0.15, 0.2) is 12.1 Å². The smallest absolute Gasteiger partial charge is 0.235 e. The van der Waals surface area contributed by atoms with Crippen molar-refractivity contribution >= 4 is 17.5 Å². The van der Waals surface area contributed by atoms with Gasteiger partial charge in [-0.1, -0.05) is 0 Å². The maximum Gasteiger partial charge on any atom is 0.235 e. The summed E-state index contributed by atoms with van der Waals surface area (Å²) in [6.45, 7) is 3.58. The van der Waals surface area contributed by atoms with Crippen LogP contribution in [0, 0.1) is 0 Å². The van der Waals surface area contributed by atoms with Crippen LogP contribution in [-0.4, -0.2) is 40.9 Å². The van der Waals surface area contributed by atoms with Gasteiger partial charge in [-0.15, -0.1) is 10.2 Å². The summed E-state index contributed by atoms with van der Waals surface area (Å²) in [5, 5.41) is 17.1. The Kier molecular flexibility index (Phi) is 4.65. The second-order valence-corrected chi connectivity index (χ2v) is 3.81. The molecule has 0 saturated carbocycles. The third-order valence-corrected chi connectivity index (χ3v) is 1.95. The van der Waals surface area contributed by atoms with Gasteiger partial charge < -0.3 is 10.0 Å². The van der Waals surface area contributed by atoms with Crippen molar-refractivity contribution in [3.63, 3.8) is 0 Å². The Bertz CT molecular complexity index is 365. The number of aliphatic hydroxyl groups excluding tert-OH is 1. The highest BCUT2D eigenvalue weighted by molar-refractivity contribution is 5.74. The van der Waals surface area contributed by atoms with E-state index < -0.39 is 6.10 Å². The lowest BCUT2D eigenvalue weighted by Gasteiger charge is -2.19. The standard InChI is InChI=1S/C10H17N5O2/c1-7(16)6-15(3)10-5-4-9(13-14-10)12-11-8(2)17/h4-5,7,16H,6H2,1-3H3,(H,11,17)(H,12,13). The zero-order valence-corrected chi connectivity index (χ0v) is 10.1. The van der Waals surface area contributed by atoms with E-state index in [-0.39, 0.29) is 5.91 Å². The van der Waals surface area contributed by atoms with Gasteiger partial charge in [-0.3, -0.25) is 15.6 Å². The van der Waals surface area contributed by atoms with Crippen molar-refractivity contribution in [1.82, 2.24) is 15.6 Å². The van der Waals surface area contributed by atoms with E-state index in [9.17, 15) is 9.90 Å². The molecule has 7 heteroatoms. The fourth-order valence-electron chi connectivity index (χ4n) is 1.24. The maximum absolute atomic E-state index is 10.7. The molecule has 0 aliphatic carbocycles. The molecule has 0 fully saturated rings. The summed E-state index contributed by atoms with van der Waals surface area (Å²) in [4.78, 5) is 12.4. The molecule has 0 aromatic carbocycles. The lowest BCUT2D eigenvalue weighted by Crippen LogP contribution is -2.29. The van der Waals surface area contributed by atoms with Crippen LogP contribution in [0.5, 0.6) is 0 Å². The molecule has 1 aromatic heterocycles. The van der Waals surface area contributed by atoms with Crippen LogP contribution < -0.4 is 15.8 Å². The molecule has 0 aliphatic rings. The Morgan fingerprint density at radius 2 is 2.24 bits per heavy atom. The number of hydrazine groups is 1. The fourth-order valence-corrected chi connectivity index (χ4v) is 1.24. The van der Waals surface area contributed by atoms with Gasteiger partial charge in [-0.2, -0.15) is 0 Å². The second-order valence-electron chi connectivity index (χ2n) is 3.81. The van der Waals surface area contributed by atoms with Crippen LogP contribution in [0.3, 0.4) is 0 Å². The molecule has 0 bridgehead atoms. The van der Waals surface area contributed by atoms with Crippen molar-refractivity contribution in [3.05, 3.63) is 12.1 Å². The Labute approximate surface area is 99.8 Å². The highest BCUT2D eigenvalue weighted by Crippen LogP contribution is 2.09. The van der Waals surface area contributed by atoms with Gasteiger partial charge >= 0.3 is 0 Å². The molecule has 1 aromatic rings.